The molecule has 1 aromatic rings. The Bertz CT molecular complexity index is 381. The molecular formula is C13H20N4. The zero-order valence-electron chi connectivity index (χ0n) is 10.1. The monoisotopic (exact) mass is 232 g/mol. The lowest BCUT2D eigenvalue weighted by atomic mass is 10.0. The molecule has 2 unspecified atom stereocenters. The Labute approximate surface area is 102 Å². The SMILES string of the molecule is NNc1ccnc(CN2CC3CCCC3C2)c1. The molecule has 2 fully saturated rings. The van der Waals surface area contributed by atoms with Crippen LogP contribution in [0.4, 0.5) is 5.69 Å². The molecule has 0 amide bonds. The molecule has 0 spiro atoms. The second-order valence-corrected chi connectivity index (χ2v) is 5.33. The molecule has 1 aliphatic carbocycles. The van der Waals surface area contributed by atoms with Gasteiger partial charge in [0.25, 0.3) is 0 Å². The second kappa shape index (κ2) is 4.63. The Morgan fingerprint density at radius 3 is 2.82 bits per heavy atom. The van der Waals surface area contributed by atoms with Crippen molar-refractivity contribution >= 4 is 5.69 Å². The van der Waals surface area contributed by atoms with Crippen molar-refractivity contribution in [3.63, 3.8) is 0 Å². The van der Waals surface area contributed by atoms with Gasteiger partial charge in [0.05, 0.1) is 11.4 Å². The zero-order chi connectivity index (χ0) is 11.7. The number of rotatable bonds is 3. The van der Waals surface area contributed by atoms with Gasteiger partial charge in [0, 0.05) is 25.8 Å². The lowest BCUT2D eigenvalue weighted by Gasteiger charge is -2.16. The number of hydrogen-bond acceptors (Lipinski definition) is 4. The predicted molar refractivity (Wildman–Crippen MR) is 68.2 cm³/mol. The number of hydrazine groups is 1. The first-order valence-electron chi connectivity index (χ1n) is 6.49. The van der Waals surface area contributed by atoms with Crippen LogP contribution >= 0.6 is 0 Å². The van der Waals surface area contributed by atoms with E-state index in [0.29, 0.717) is 0 Å². The van der Waals surface area contributed by atoms with Gasteiger partial charge in [-0.05, 0) is 36.8 Å². The first kappa shape index (κ1) is 11.0. The Morgan fingerprint density at radius 1 is 1.35 bits per heavy atom. The number of nitrogen functional groups attached to an aromatic ring is 1. The maximum atomic E-state index is 5.41. The molecule has 4 nitrogen and oxygen atoms in total. The van der Waals surface area contributed by atoms with Gasteiger partial charge in [-0.3, -0.25) is 15.7 Å². The minimum Gasteiger partial charge on any atom is -0.324 e. The maximum absolute atomic E-state index is 5.41. The molecule has 0 radical (unpaired) electrons. The zero-order valence-corrected chi connectivity index (χ0v) is 10.1. The van der Waals surface area contributed by atoms with E-state index >= 15 is 0 Å². The number of aromatic nitrogens is 1. The van der Waals surface area contributed by atoms with Crippen molar-refractivity contribution in [3.8, 4) is 0 Å². The average molecular weight is 232 g/mol. The minimum absolute atomic E-state index is 0.939. The van der Waals surface area contributed by atoms with E-state index < -0.39 is 0 Å². The fraction of sp³-hybridized carbons (Fsp3) is 0.615. The molecule has 3 N–H and O–H groups in total. The van der Waals surface area contributed by atoms with Gasteiger partial charge in [-0.2, -0.15) is 0 Å². The van der Waals surface area contributed by atoms with Crippen molar-refractivity contribution in [1.82, 2.24) is 9.88 Å². The second-order valence-electron chi connectivity index (χ2n) is 5.33. The fourth-order valence-corrected chi connectivity index (χ4v) is 3.34. The summed E-state index contributed by atoms with van der Waals surface area (Å²) in [5.74, 6) is 7.31. The number of hydrogen-bond donors (Lipinski definition) is 2. The Hall–Kier alpha value is -1.13. The molecule has 2 aliphatic rings. The van der Waals surface area contributed by atoms with E-state index in [-0.39, 0.29) is 0 Å². The molecule has 1 saturated carbocycles. The van der Waals surface area contributed by atoms with Gasteiger partial charge in [-0.15, -0.1) is 0 Å². The number of nitrogens with one attached hydrogen (secondary N) is 1. The molecule has 1 aromatic heterocycles. The standard InChI is InChI=1S/C13H20N4/c14-16-12-4-5-15-13(6-12)9-17-7-10-2-1-3-11(10)8-17/h4-6,10-11H,1-3,7-9,14H2,(H,15,16). The third-order valence-electron chi connectivity index (χ3n) is 4.17. The van der Waals surface area contributed by atoms with Crippen molar-refractivity contribution in [2.75, 3.05) is 18.5 Å². The van der Waals surface area contributed by atoms with E-state index in [1.54, 1.807) is 0 Å². The van der Waals surface area contributed by atoms with Gasteiger partial charge < -0.3 is 5.43 Å². The lowest BCUT2D eigenvalue weighted by molar-refractivity contribution is 0.300. The summed E-state index contributed by atoms with van der Waals surface area (Å²) in [4.78, 5) is 6.95. The van der Waals surface area contributed by atoms with Crippen LogP contribution < -0.4 is 11.3 Å². The van der Waals surface area contributed by atoms with Crippen molar-refractivity contribution in [1.29, 1.82) is 0 Å². The topological polar surface area (TPSA) is 54.2 Å². The summed E-state index contributed by atoms with van der Waals surface area (Å²) < 4.78 is 0. The van der Waals surface area contributed by atoms with Crippen molar-refractivity contribution in [2.24, 2.45) is 17.7 Å². The first-order valence-corrected chi connectivity index (χ1v) is 6.49. The Balaban J connectivity index is 1.63. The van der Waals surface area contributed by atoms with E-state index in [0.717, 1.165) is 29.8 Å². The summed E-state index contributed by atoms with van der Waals surface area (Å²) in [5.41, 5.74) is 4.72. The molecule has 1 saturated heterocycles. The van der Waals surface area contributed by atoms with Crippen LogP contribution in [0.25, 0.3) is 0 Å². The van der Waals surface area contributed by atoms with E-state index in [1.807, 2.05) is 18.3 Å². The van der Waals surface area contributed by atoms with Gasteiger partial charge in [-0.1, -0.05) is 6.42 Å². The third kappa shape index (κ3) is 2.28. The largest absolute Gasteiger partial charge is 0.324 e. The fourth-order valence-electron chi connectivity index (χ4n) is 3.34. The summed E-state index contributed by atoms with van der Waals surface area (Å²) in [6, 6.07) is 3.93. The van der Waals surface area contributed by atoms with E-state index in [1.165, 1.54) is 32.4 Å². The summed E-state index contributed by atoms with van der Waals surface area (Å²) in [5, 5.41) is 0. The van der Waals surface area contributed by atoms with E-state index in [2.05, 4.69) is 15.3 Å². The van der Waals surface area contributed by atoms with Crippen molar-refractivity contribution in [2.45, 2.75) is 25.8 Å². The summed E-state index contributed by atoms with van der Waals surface area (Å²) in [6.45, 7) is 3.47. The third-order valence-corrected chi connectivity index (χ3v) is 4.17. The smallest absolute Gasteiger partial charge is 0.0564 e. The number of anilines is 1. The van der Waals surface area contributed by atoms with Crippen LogP contribution in [0.5, 0.6) is 0 Å². The summed E-state index contributed by atoms with van der Waals surface area (Å²) in [7, 11) is 0. The van der Waals surface area contributed by atoms with Crippen molar-refractivity contribution < 1.29 is 0 Å². The van der Waals surface area contributed by atoms with Crippen LogP contribution in [0.3, 0.4) is 0 Å². The molecule has 0 bridgehead atoms. The summed E-state index contributed by atoms with van der Waals surface area (Å²) >= 11 is 0. The Morgan fingerprint density at radius 2 is 2.12 bits per heavy atom. The Kier molecular flexibility index (Phi) is 2.99. The molecule has 2 heterocycles. The lowest BCUT2D eigenvalue weighted by Crippen LogP contribution is -2.21. The number of fused-ring (bicyclic) bond motifs is 1. The normalized spacial score (nSPS) is 28.3. The minimum atomic E-state index is 0.939. The highest BCUT2D eigenvalue weighted by molar-refractivity contribution is 5.41. The molecule has 3 rings (SSSR count). The van der Waals surface area contributed by atoms with Gasteiger partial charge in [0.1, 0.15) is 0 Å². The van der Waals surface area contributed by atoms with Crippen LogP contribution in [-0.2, 0) is 6.54 Å². The van der Waals surface area contributed by atoms with E-state index in [9.17, 15) is 0 Å². The van der Waals surface area contributed by atoms with Crippen molar-refractivity contribution in [3.05, 3.63) is 24.0 Å². The maximum Gasteiger partial charge on any atom is 0.0564 e. The molecule has 92 valence electrons. The first-order chi connectivity index (χ1) is 8.35. The molecule has 17 heavy (non-hydrogen) atoms. The number of nitrogens with two attached hydrogens (primary N) is 1. The van der Waals surface area contributed by atoms with Crippen LogP contribution in [0.2, 0.25) is 0 Å². The molecular weight excluding hydrogens is 212 g/mol. The van der Waals surface area contributed by atoms with Gasteiger partial charge >= 0.3 is 0 Å². The number of nitrogens with zero attached hydrogens (tertiary/aromatic N) is 2. The van der Waals surface area contributed by atoms with Crippen LogP contribution in [0, 0.1) is 11.8 Å². The van der Waals surface area contributed by atoms with E-state index in [4.69, 9.17) is 5.84 Å². The highest BCUT2D eigenvalue weighted by atomic mass is 15.2. The molecule has 2 atom stereocenters. The average Bonchev–Trinajstić information content (AvgIpc) is 2.90. The van der Waals surface area contributed by atoms with Crippen LogP contribution in [0.15, 0.2) is 18.3 Å². The van der Waals surface area contributed by atoms with Crippen LogP contribution in [0.1, 0.15) is 25.0 Å². The number of pyridine rings is 1. The molecule has 4 heteroatoms. The highest BCUT2D eigenvalue weighted by Gasteiger charge is 2.35. The number of likely N-dealkylation sites (tertiary alicyclic amines) is 1. The molecule has 1 aliphatic heterocycles. The molecule has 0 aromatic carbocycles. The highest BCUT2D eigenvalue weighted by Crippen LogP contribution is 2.38. The van der Waals surface area contributed by atoms with Gasteiger partial charge in [-0.25, -0.2) is 0 Å². The van der Waals surface area contributed by atoms with Gasteiger partial charge in [0.15, 0.2) is 0 Å². The summed E-state index contributed by atoms with van der Waals surface area (Å²) in [6.07, 6.45) is 6.12. The van der Waals surface area contributed by atoms with Gasteiger partial charge in [0.2, 0.25) is 0 Å². The predicted octanol–water partition coefficient (Wildman–Crippen LogP) is 1.60. The quantitative estimate of drug-likeness (QED) is 0.614. The van der Waals surface area contributed by atoms with Crippen LogP contribution in [-0.4, -0.2) is 23.0 Å².